The van der Waals surface area contributed by atoms with Crippen molar-refractivity contribution in [2.45, 2.75) is 32.1 Å². The van der Waals surface area contributed by atoms with Crippen molar-refractivity contribution in [1.29, 1.82) is 0 Å². The first-order valence-corrected chi connectivity index (χ1v) is 11.8. The quantitative estimate of drug-likeness (QED) is 0.428. The number of anilines is 1. The van der Waals surface area contributed by atoms with Gasteiger partial charge in [-0.1, -0.05) is 54.6 Å². The monoisotopic (exact) mass is 459 g/mol. The van der Waals surface area contributed by atoms with Crippen molar-refractivity contribution in [3.8, 4) is 5.75 Å². The van der Waals surface area contributed by atoms with E-state index in [1.54, 1.807) is 7.11 Å². The number of carbonyl (C=O) groups is 1. The molecule has 178 valence electrons. The summed E-state index contributed by atoms with van der Waals surface area (Å²) in [6.07, 6.45) is 2.42. The van der Waals surface area contributed by atoms with Crippen LogP contribution in [-0.4, -0.2) is 37.7 Å². The van der Waals surface area contributed by atoms with E-state index >= 15 is 0 Å². The van der Waals surface area contributed by atoms with Crippen molar-refractivity contribution in [1.82, 2.24) is 10.2 Å². The number of benzene rings is 3. The molecule has 0 aromatic heterocycles. The number of likely N-dealkylation sites (tertiary alicyclic amines) is 1. The van der Waals surface area contributed by atoms with Crippen molar-refractivity contribution >= 4 is 11.7 Å². The zero-order valence-electron chi connectivity index (χ0n) is 19.7. The SMILES string of the molecule is COc1ccc(COCc2cccc(NC(=O)NCC(c3ccccc3)N3CCCC3)c2)cc1. The summed E-state index contributed by atoms with van der Waals surface area (Å²) in [5.41, 5.74) is 4.08. The van der Waals surface area contributed by atoms with Gasteiger partial charge < -0.3 is 20.1 Å². The van der Waals surface area contributed by atoms with Gasteiger partial charge >= 0.3 is 6.03 Å². The van der Waals surface area contributed by atoms with Crippen LogP contribution in [0.2, 0.25) is 0 Å². The lowest BCUT2D eigenvalue weighted by Crippen LogP contribution is -2.38. The topological polar surface area (TPSA) is 62.8 Å². The van der Waals surface area contributed by atoms with Crippen molar-refractivity contribution in [3.05, 3.63) is 95.6 Å². The molecule has 1 aliphatic heterocycles. The Kier molecular flexibility index (Phi) is 8.54. The molecule has 3 aromatic carbocycles. The van der Waals surface area contributed by atoms with E-state index in [2.05, 4.69) is 39.8 Å². The highest BCUT2D eigenvalue weighted by Crippen LogP contribution is 2.24. The molecule has 0 aliphatic carbocycles. The highest BCUT2D eigenvalue weighted by Gasteiger charge is 2.23. The van der Waals surface area contributed by atoms with E-state index in [0.717, 1.165) is 35.7 Å². The summed E-state index contributed by atoms with van der Waals surface area (Å²) in [6.45, 7) is 3.69. The van der Waals surface area contributed by atoms with Gasteiger partial charge in [-0.15, -0.1) is 0 Å². The number of nitrogens with one attached hydrogen (secondary N) is 2. The average Bonchev–Trinajstić information content (AvgIpc) is 3.40. The van der Waals surface area contributed by atoms with E-state index in [9.17, 15) is 4.79 Å². The van der Waals surface area contributed by atoms with Crippen LogP contribution in [0.1, 0.15) is 35.6 Å². The molecule has 6 nitrogen and oxygen atoms in total. The van der Waals surface area contributed by atoms with Gasteiger partial charge in [0.05, 0.1) is 26.4 Å². The van der Waals surface area contributed by atoms with Crippen LogP contribution in [0.3, 0.4) is 0 Å². The minimum atomic E-state index is -0.198. The predicted molar refractivity (Wildman–Crippen MR) is 135 cm³/mol. The molecule has 1 heterocycles. The van der Waals surface area contributed by atoms with Gasteiger partial charge in [0, 0.05) is 12.2 Å². The number of carbonyl (C=O) groups excluding carboxylic acids is 1. The van der Waals surface area contributed by atoms with E-state index in [1.807, 2.05) is 54.6 Å². The molecule has 0 radical (unpaired) electrons. The number of urea groups is 1. The van der Waals surface area contributed by atoms with Crippen LogP contribution in [0.5, 0.6) is 5.75 Å². The van der Waals surface area contributed by atoms with Crippen LogP contribution in [0.4, 0.5) is 10.5 Å². The second-order valence-corrected chi connectivity index (χ2v) is 8.55. The number of methoxy groups -OCH3 is 1. The lowest BCUT2D eigenvalue weighted by molar-refractivity contribution is 0.107. The molecule has 0 bridgehead atoms. The Morgan fingerprint density at radius 2 is 1.65 bits per heavy atom. The van der Waals surface area contributed by atoms with Gasteiger partial charge in [0.2, 0.25) is 0 Å². The molecule has 6 heteroatoms. The Morgan fingerprint density at radius 3 is 2.38 bits per heavy atom. The molecule has 1 fully saturated rings. The third kappa shape index (κ3) is 6.83. The maximum absolute atomic E-state index is 12.6. The summed E-state index contributed by atoms with van der Waals surface area (Å²) >= 11 is 0. The third-order valence-electron chi connectivity index (χ3n) is 6.10. The Morgan fingerprint density at radius 1 is 0.912 bits per heavy atom. The molecule has 4 rings (SSSR count). The van der Waals surface area contributed by atoms with Crippen LogP contribution in [-0.2, 0) is 18.0 Å². The van der Waals surface area contributed by atoms with Gasteiger partial charge in [0.15, 0.2) is 0 Å². The first kappa shape index (κ1) is 23.8. The first-order valence-electron chi connectivity index (χ1n) is 11.8. The number of hydrogen-bond acceptors (Lipinski definition) is 4. The van der Waals surface area contributed by atoms with Gasteiger partial charge in [0.25, 0.3) is 0 Å². The molecular weight excluding hydrogens is 426 g/mol. The van der Waals surface area contributed by atoms with Gasteiger partial charge in [-0.05, 0) is 66.9 Å². The maximum atomic E-state index is 12.6. The van der Waals surface area contributed by atoms with Crippen molar-refractivity contribution in [2.24, 2.45) is 0 Å². The summed E-state index contributed by atoms with van der Waals surface area (Å²) in [5, 5.41) is 6.03. The third-order valence-corrected chi connectivity index (χ3v) is 6.10. The highest BCUT2D eigenvalue weighted by atomic mass is 16.5. The summed E-state index contributed by atoms with van der Waals surface area (Å²) in [4.78, 5) is 15.1. The molecule has 2 N–H and O–H groups in total. The molecule has 1 aliphatic rings. The second-order valence-electron chi connectivity index (χ2n) is 8.55. The zero-order chi connectivity index (χ0) is 23.6. The van der Waals surface area contributed by atoms with Crippen LogP contribution in [0.25, 0.3) is 0 Å². The summed E-state index contributed by atoms with van der Waals surface area (Å²) < 4.78 is 11.0. The molecule has 0 spiro atoms. The molecular formula is C28H33N3O3. The van der Waals surface area contributed by atoms with Crippen LogP contribution in [0, 0.1) is 0 Å². The van der Waals surface area contributed by atoms with Crippen molar-refractivity contribution in [2.75, 3.05) is 32.1 Å². The lowest BCUT2D eigenvalue weighted by Gasteiger charge is -2.28. The fourth-order valence-corrected chi connectivity index (χ4v) is 4.30. The minimum Gasteiger partial charge on any atom is -0.497 e. The number of hydrogen-bond donors (Lipinski definition) is 2. The standard InChI is InChI=1S/C28H33N3O3/c1-33-26-14-12-22(13-15-26)20-34-21-23-8-7-11-25(18-23)30-28(32)29-19-27(31-16-5-6-17-31)24-9-3-2-4-10-24/h2-4,7-15,18,27H,5-6,16-17,19-21H2,1H3,(H2,29,30,32). The number of amides is 2. The molecule has 1 unspecified atom stereocenters. The number of ether oxygens (including phenoxy) is 2. The molecule has 1 saturated heterocycles. The molecule has 0 saturated carbocycles. The van der Waals surface area contributed by atoms with Crippen LogP contribution in [0.15, 0.2) is 78.9 Å². The second kappa shape index (κ2) is 12.2. The Labute approximate surface area is 201 Å². The Balaban J connectivity index is 1.27. The maximum Gasteiger partial charge on any atom is 0.319 e. The first-order chi connectivity index (χ1) is 16.7. The van der Waals surface area contributed by atoms with Crippen LogP contribution < -0.4 is 15.4 Å². The molecule has 1 atom stereocenters. The van der Waals surface area contributed by atoms with Crippen molar-refractivity contribution in [3.63, 3.8) is 0 Å². The van der Waals surface area contributed by atoms with Gasteiger partial charge in [0.1, 0.15) is 5.75 Å². The summed E-state index contributed by atoms with van der Waals surface area (Å²) in [6, 6.07) is 26.0. The smallest absolute Gasteiger partial charge is 0.319 e. The van der Waals surface area contributed by atoms with E-state index in [-0.39, 0.29) is 12.1 Å². The Hall–Kier alpha value is -3.35. The van der Waals surface area contributed by atoms with E-state index < -0.39 is 0 Å². The van der Waals surface area contributed by atoms with E-state index in [4.69, 9.17) is 9.47 Å². The van der Waals surface area contributed by atoms with Crippen LogP contribution >= 0.6 is 0 Å². The molecule has 3 aromatic rings. The Bertz CT molecular complexity index is 1030. The summed E-state index contributed by atoms with van der Waals surface area (Å²) in [5.74, 6) is 0.830. The largest absolute Gasteiger partial charge is 0.497 e. The predicted octanol–water partition coefficient (Wildman–Crippen LogP) is 5.37. The molecule has 2 amide bonds. The fourth-order valence-electron chi connectivity index (χ4n) is 4.30. The van der Waals surface area contributed by atoms with Gasteiger partial charge in [-0.25, -0.2) is 4.79 Å². The number of rotatable bonds is 10. The highest BCUT2D eigenvalue weighted by molar-refractivity contribution is 5.89. The van der Waals surface area contributed by atoms with Gasteiger partial charge in [-0.2, -0.15) is 0 Å². The van der Waals surface area contributed by atoms with E-state index in [1.165, 1.54) is 18.4 Å². The lowest BCUT2D eigenvalue weighted by atomic mass is 10.1. The number of nitrogens with zero attached hydrogens (tertiary/aromatic N) is 1. The zero-order valence-corrected chi connectivity index (χ0v) is 19.7. The normalized spacial score (nSPS) is 14.5. The van der Waals surface area contributed by atoms with Crippen molar-refractivity contribution < 1.29 is 14.3 Å². The fraction of sp³-hybridized carbons (Fsp3) is 0.321. The van der Waals surface area contributed by atoms with Gasteiger partial charge in [-0.3, -0.25) is 4.90 Å². The molecule has 34 heavy (non-hydrogen) atoms. The summed E-state index contributed by atoms with van der Waals surface area (Å²) in [7, 11) is 1.65. The van der Waals surface area contributed by atoms with E-state index in [0.29, 0.717) is 19.8 Å². The minimum absolute atomic E-state index is 0.187. The average molecular weight is 460 g/mol.